The van der Waals surface area contributed by atoms with Crippen molar-refractivity contribution in [2.45, 2.75) is 0 Å². The number of nitrogens with one attached hydrogen (secondary N) is 1. The van der Waals surface area contributed by atoms with E-state index in [1.807, 2.05) is 54.6 Å². The molecule has 0 saturated carbocycles. The Kier molecular flexibility index (Phi) is 6.08. The molecule has 0 fully saturated rings. The Balaban J connectivity index is 2.02. The fourth-order valence-corrected chi connectivity index (χ4v) is 5.02. The molecule has 0 saturated heterocycles. The van der Waals surface area contributed by atoms with Crippen LogP contribution < -0.4 is 27.1 Å². The molecular weight excluding hydrogens is 357 g/mol. The first-order valence-electron chi connectivity index (χ1n) is 8.29. The maximum Gasteiger partial charge on any atom is 0.329 e. The number of carbonyl (C=O) groups excluding carboxylic acids is 2. The molecule has 0 bridgehead atoms. The summed E-state index contributed by atoms with van der Waals surface area (Å²) < 4.78 is 0. The van der Waals surface area contributed by atoms with Crippen molar-refractivity contribution in [1.82, 2.24) is 5.43 Å². The average Bonchev–Trinajstić information content (AvgIpc) is 2.71. The highest BCUT2D eigenvalue weighted by Gasteiger charge is 2.18. The monoisotopic (exact) mass is 375 g/mol. The summed E-state index contributed by atoms with van der Waals surface area (Å²) in [5.41, 5.74) is 7.93. The smallest absolute Gasteiger partial charge is 0.329 e. The van der Waals surface area contributed by atoms with Crippen LogP contribution in [0.2, 0.25) is 0 Å². The van der Waals surface area contributed by atoms with Crippen LogP contribution in [0.25, 0.3) is 0 Å². The van der Waals surface area contributed by atoms with Crippen molar-refractivity contribution in [3.8, 4) is 0 Å². The molecule has 0 aliphatic carbocycles. The summed E-state index contributed by atoms with van der Waals surface area (Å²) in [5, 5.41) is 7.40. The first-order valence-corrected chi connectivity index (χ1v) is 9.63. The highest BCUT2D eigenvalue weighted by atomic mass is 31.1. The molecule has 3 aromatic rings. The van der Waals surface area contributed by atoms with Gasteiger partial charge in [-0.15, -0.1) is 0 Å². The van der Waals surface area contributed by atoms with Crippen molar-refractivity contribution in [1.29, 1.82) is 0 Å². The van der Waals surface area contributed by atoms with E-state index < -0.39 is 19.7 Å². The summed E-state index contributed by atoms with van der Waals surface area (Å²) in [6.07, 6.45) is 1.54. The Hall–Kier alpha value is -3.30. The molecule has 2 amide bonds. The summed E-state index contributed by atoms with van der Waals surface area (Å²) in [7, 11) is -0.807. The van der Waals surface area contributed by atoms with Crippen LogP contribution in [0, 0.1) is 0 Å². The van der Waals surface area contributed by atoms with Gasteiger partial charge >= 0.3 is 11.8 Å². The number of rotatable bonds is 5. The third kappa shape index (κ3) is 4.66. The van der Waals surface area contributed by atoms with Crippen LogP contribution in [0.5, 0.6) is 0 Å². The van der Waals surface area contributed by atoms with Crippen LogP contribution in [0.4, 0.5) is 0 Å². The van der Waals surface area contributed by atoms with Gasteiger partial charge in [-0.3, -0.25) is 9.59 Å². The Bertz CT molecular complexity index is 920. The second kappa shape index (κ2) is 8.88. The normalized spacial score (nSPS) is 10.9. The minimum absolute atomic E-state index is 0.807. The molecule has 0 atom stereocenters. The van der Waals surface area contributed by atoms with Gasteiger partial charge in [-0.1, -0.05) is 84.9 Å². The van der Waals surface area contributed by atoms with Crippen molar-refractivity contribution in [3.63, 3.8) is 0 Å². The molecule has 0 radical (unpaired) electrons. The van der Waals surface area contributed by atoms with Gasteiger partial charge in [-0.2, -0.15) is 5.10 Å². The van der Waals surface area contributed by atoms with Crippen LogP contribution in [-0.2, 0) is 9.59 Å². The minimum atomic E-state index is -1.07. The van der Waals surface area contributed by atoms with E-state index in [-0.39, 0.29) is 0 Å². The molecular formula is C21H18N3O2P. The number of hydrogen-bond acceptors (Lipinski definition) is 3. The van der Waals surface area contributed by atoms with Crippen LogP contribution >= 0.6 is 7.92 Å². The van der Waals surface area contributed by atoms with Gasteiger partial charge < -0.3 is 5.73 Å². The summed E-state index contributed by atoms with van der Waals surface area (Å²) in [6, 6.07) is 28.4. The van der Waals surface area contributed by atoms with Gasteiger partial charge in [-0.05, 0) is 23.8 Å². The highest BCUT2D eigenvalue weighted by Crippen LogP contribution is 2.33. The zero-order valence-electron chi connectivity index (χ0n) is 14.4. The summed E-state index contributed by atoms with van der Waals surface area (Å²) >= 11 is 0. The number of hydrogen-bond donors (Lipinski definition) is 2. The molecule has 3 aromatic carbocycles. The van der Waals surface area contributed by atoms with Crippen molar-refractivity contribution in [3.05, 3.63) is 90.5 Å². The maximum absolute atomic E-state index is 11.3. The number of amides is 2. The van der Waals surface area contributed by atoms with Crippen molar-refractivity contribution in [2.24, 2.45) is 10.8 Å². The number of nitrogens with zero attached hydrogens (tertiary/aromatic N) is 1. The van der Waals surface area contributed by atoms with Gasteiger partial charge in [-0.25, -0.2) is 5.43 Å². The molecule has 5 nitrogen and oxygen atoms in total. The lowest BCUT2D eigenvalue weighted by Gasteiger charge is -2.21. The molecule has 6 heteroatoms. The standard InChI is InChI=1S/C21H18N3O2P/c22-20(25)21(26)24-23-15-16-9-7-8-14-19(16)27(17-10-3-1-4-11-17)18-12-5-2-6-13-18/h1-15H,(H2,22,25)(H,24,26)/b23-15+. The highest BCUT2D eigenvalue weighted by molar-refractivity contribution is 7.80. The fourth-order valence-electron chi connectivity index (χ4n) is 2.60. The number of benzene rings is 3. The van der Waals surface area contributed by atoms with E-state index in [4.69, 9.17) is 5.73 Å². The van der Waals surface area contributed by atoms with Crippen molar-refractivity contribution < 1.29 is 9.59 Å². The quantitative estimate of drug-likeness (QED) is 0.306. The average molecular weight is 375 g/mol. The summed E-state index contributed by atoms with van der Waals surface area (Å²) in [6.45, 7) is 0. The van der Waals surface area contributed by atoms with E-state index in [1.54, 1.807) is 0 Å². The second-order valence-corrected chi connectivity index (χ2v) is 7.81. The van der Waals surface area contributed by atoms with E-state index in [0.717, 1.165) is 10.9 Å². The van der Waals surface area contributed by atoms with Gasteiger partial charge in [0.1, 0.15) is 0 Å². The van der Waals surface area contributed by atoms with E-state index in [9.17, 15) is 9.59 Å². The van der Waals surface area contributed by atoms with Crippen LogP contribution in [0.3, 0.4) is 0 Å². The summed E-state index contributed by atoms with van der Waals surface area (Å²) in [5.74, 6) is -2.02. The van der Waals surface area contributed by atoms with Gasteiger partial charge in [0.05, 0.1) is 6.21 Å². The predicted octanol–water partition coefficient (Wildman–Crippen LogP) is 1.38. The third-order valence-corrected chi connectivity index (χ3v) is 6.32. The van der Waals surface area contributed by atoms with Crippen molar-refractivity contribution in [2.75, 3.05) is 0 Å². The molecule has 0 aliphatic heterocycles. The lowest BCUT2D eigenvalue weighted by Crippen LogP contribution is -2.33. The number of primary amides is 1. The molecule has 0 aliphatic rings. The van der Waals surface area contributed by atoms with E-state index in [2.05, 4.69) is 40.9 Å². The number of hydrazone groups is 1. The Morgan fingerprint density at radius 3 is 1.89 bits per heavy atom. The summed E-state index contributed by atoms with van der Waals surface area (Å²) in [4.78, 5) is 22.1. The van der Waals surface area contributed by atoms with Crippen LogP contribution in [0.1, 0.15) is 5.56 Å². The first kappa shape index (κ1) is 18.5. The van der Waals surface area contributed by atoms with Crippen LogP contribution in [0.15, 0.2) is 90.0 Å². The number of carbonyl (C=O) groups is 2. The minimum Gasteiger partial charge on any atom is -0.361 e. The largest absolute Gasteiger partial charge is 0.361 e. The fraction of sp³-hybridized carbons (Fsp3) is 0. The lowest BCUT2D eigenvalue weighted by molar-refractivity contribution is -0.137. The first-order chi connectivity index (χ1) is 13.2. The molecule has 3 rings (SSSR count). The van der Waals surface area contributed by atoms with Gasteiger partial charge in [0.15, 0.2) is 0 Å². The zero-order chi connectivity index (χ0) is 19.1. The Morgan fingerprint density at radius 2 is 1.33 bits per heavy atom. The Morgan fingerprint density at radius 1 is 0.815 bits per heavy atom. The van der Waals surface area contributed by atoms with Crippen LogP contribution in [-0.4, -0.2) is 18.0 Å². The van der Waals surface area contributed by atoms with Gasteiger partial charge in [0, 0.05) is 5.56 Å². The SMILES string of the molecule is NC(=O)C(=O)N/N=C/c1ccccc1P(c1ccccc1)c1ccccc1. The zero-order valence-corrected chi connectivity index (χ0v) is 15.3. The molecule has 3 N–H and O–H groups in total. The predicted molar refractivity (Wildman–Crippen MR) is 110 cm³/mol. The van der Waals surface area contributed by atoms with E-state index in [1.165, 1.54) is 16.8 Å². The topological polar surface area (TPSA) is 84.5 Å². The molecule has 0 aromatic heterocycles. The van der Waals surface area contributed by atoms with Gasteiger partial charge in [0.2, 0.25) is 0 Å². The molecule has 27 heavy (non-hydrogen) atoms. The molecule has 0 spiro atoms. The maximum atomic E-state index is 11.3. The Labute approximate surface area is 158 Å². The van der Waals surface area contributed by atoms with E-state index in [0.29, 0.717) is 0 Å². The third-order valence-electron chi connectivity index (χ3n) is 3.80. The molecule has 0 unspecified atom stereocenters. The number of nitrogens with two attached hydrogens (primary N) is 1. The van der Waals surface area contributed by atoms with Crippen molar-refractivity contribution >= 4 is 41.9 Å². The molecule has 134 valence electrons. The van der Waals surface area contributed by atoms with Gasteiger partial charge in [0.25, 0.3) is 0 Å². The second-order valence-electron chi connectivity index (χ2n) is 5.63. The van der Waals surface area contributed by atoms with E-state index >= 15 is 0 Å². The lowest BCUT2D eigenvalue weighted by atomic mass is 10.2. The molecule has 0 heterocycles.